The molecule has 0 aliphatic carbocycles. The molecule has 2 aromatic rings. The monoisotopic (exact) mass is 276 g/mol. The van der Waals surface area contributed by atoms with Crippen molar-refractivity contribution in [3.05, 3.63) is 58.0 Å². The van der Waals surface area contributed by atoms with Crippen LogP contribution in [0.25, 0.3) is 0 Å². The highest BCUT2D eigenvalue weighted by Gasteiger charge is 2.13. The molecular weight excluding hydrogens is 267 g/mol. The van der Waals surface area contributed by atoms with Crippen molar-refractivity contribution in [3.63, 3.8) is 0 Å². The van der Waals surface area contributed by atoms with Crippen molar-refractivity contribution in [3.8, 4) is 11.6 Å². The standard InChI is InChI=1S/C12H9FN4O3/c13-8-6-7(17(18)19)4-5-10(8)20-11-3-1-2-9(16-11)12(14)15/h1-6H,(H3,14,15). The number of benzene rings is 1. The second-order valence-corrected chi connectivity index (χ2v) is 3.75. The van der Waals surface area contributed by atoms with Crippen LogP contribution < -0.4 is 10.5 Å². The van der Waals surface area contributed by atoms with Gasteiger partial charge in [0.15, 0.2) is 11.6 Å². The molecular formula is C12H9FN4O3. The first-order valence-corrected chi connectivity index (χ1v) is 5.40. The van der Waals surface area contributed by atoms with Gasteiger partial charge in [-0.05, 0) is 12.1 Å². The fraction of sp³-hybridized carbons (Fsp3) is 0. The number of nitrogens with two attached hydrogens (primary N) is 1. The summed E-state index contributed by atoms with van der Waals surface area (Å²) in [5.41, 5.74) is 5.09. The number of non-ortho nitro benzene ring substituents is 1. The van der Waals surface area contributed by atoms with Crippen LogP contribution in [0.5, 0.6) is 11.6 Å². The largest absolute Gasteiger partial charge is 0.436 e. The Kier molecular flexibility index (Phi) is 3.56. The summed E-state index contributed by atoms with van der Waals surface area (Å²) in [6.07, 6.45) is 0. The van der Waals surface area contributed by atoms with Crippen LogP contribution in [0.2, 0.25) is 0 Å². The van der Waals surface area contributed by atoms with Gasteiger partial charge in [-0.1, -0.05) is 6.07 Å². The molecule has 0 fully saturated rings. The Balaban J connectivity index is 2.28. The Labute approximate surface area is 112 Å². The molecule has 1 heterocycles. The molecule has 0 aliphatic rings. The molecule has 0 saturated carbocycles. The molecule has 0 aliphatic heterocycles. The minimum Gasteiger partial charge on any atom is -0.436 e. The van der Waals surface area contributed by atoms with Crippen molar-refractivity contribution in [2.75, 3.05) is 0 Å². The predicted molar refractivity (Wildman–Crippen MR) is 68.4 cm³/mol. The van der Waals surface area contributed by atoms with Gasteiger partial charge < -0.3 is 10.5 Å². The highest BCUT2D eigenvalue weighted by atomic mass is 19.1. The maximum absolute atomic E-state index is 13.6. The number of hydrogen-bond donors (Lipinski definition) is 2. The van der Waals surface area contributed by atoms with Crippen LogP contribution in [-0.2, 0) is 0 Å². The van der Waals surface area contributed by atoms with Gasteiger partial charge >= 0.3 is 0 Å². The number of pyridine rings is 1. The van der Waals surface area contributed by atoms with E-state index < -0.39 is 10.7 Å². The lowest BCUT2D eigenvalue weighted by atomic mass is 10.3. The molecule has 8 heteroatoms. The first kappa shape index (κ1) is 13.4. The third kappa shape index (κ3) is 2.86. The van der Waals surface area contributed by atoms with Crippen LogP contribution in [0.3, 0.4) is 0 Å². The Morgan fingerprint density at radius 1 is 1.40 bits per heavy atom. The van der Waals surface area contributed by atoms with Crippen LogP contribution in [0.4, 0.5) is 10.1 Å². The summed E-state index contributed by atoms with van der Waals surface area (Å²) in [6.45, 7) is 0. The van der Waals surface area contributed by atoms with E-state index >= 15 is 0 Å². The molecule has 0 unspecified atom stereocenters. The number of halogens is 1. The van der Waals surface area contributed by atoms with Gasteiger partial charge in [0.1, 0.15) is 11.5 Å². The lowest BCUT2D eigenvalue weighted by Gasteiger charge is -2.06. The predicted octanol–water partition coefficient (Wildman–Crippen LogP) is 2.21. The Bertz CT molecular complexity index is 690. The number of hydrogen-bond acceptors (Lipinski definition) is 5. The van der Waals surface area contributed by atoms with Gasteiger partial charge in [-0.25, -0.2) is 9.37 Å². The molecule has 0 radical (unpaired) electrons. The summed E-state index contributed by atoms with van der Waals surface area (Å²) >= 11 is 0. The molecule has 3 N–H and O–H groups in total. The summed E-state index contributed by atoms with van der Waals surface area (Å²) in [7, 11) is 0. The first-order valence-electron chi connectivity index (χ1n) is 5.40. The molecule has 0 spiro atoms. The van der Waals surface area contributed by atoms with Crippen LogP contribution in [-0.4, -0.2) is 15.7 Å². The number of ether oxygens (including phenoxy) is 1. The molecule has 1 aromatic heterocycles. The minimum absolute atomic E-state index is 0.0328. The summed E-state index contributed by atoms with van der Waals surface area (Å²) < 4.78 is 18.8. The molecule has 102 valence electrons. The maximum Gasteiger partial charge on any atom is 0.272 e. The van der Waals surface area contributed by atoms with Crippen molar-refractivity contribution in [1.29, 1.82) is 5.41 Å². The SMILES string of the molecule is N=C(N)c1cccc(Oc2ccc([N+](=O)[O-])cc2F)n1. The third-order valence-electron chi connectivity index (χ3n) is 2.34. The van der Waals surface area contributed by atoms with E-state index in [0.29, 0.717) is 0 Å². The van der Waals surface area contributed by atoms with Gasteiger partial charge in [0.2, 0.25) is 5.88 Å². The van der Waals surface area contributed by atoms with Crippen molar-refractivity contribution in [2.24, 2.45) is 5.73 Å². The lowest BCUT2D eigenvalue weighted by molar-refractivity contribution is -0.385. The molecule has 0 atom stereocenters. The second kappa shape index (κ2) is 5.31. The van der Waals surface area contributed by atoms with Crippen LogP contribution in [0, 0.1) is 21.3 Å². The number of rotatable bonds is 4. The van der Waals surface area contributed by atoms with E-state index in [0.717, 1.165) is 18.2 Å². The molecule has 0 amide bonds. The Hall–Kier alpha value is -3.03. The third-order valence-corrected chi connectivity index (χ3v) is 2.34. The van der Waals surface area contributed by atoms with E-state index in [4.69, 9.17) is 15.9 Å². The van der Waals surface area contributed by atoms with Gasteiger partial charge in [0.05, 0.1) is 11.0 Å². The highest BCUT2D eigenvalue weighted by Crippen LogP contribution is 2.26. The summed E-state index contributed by atoms with van der Waals surface area (Å²) in [5.74, 6) is -1.30. The van der Waals surface area contributed by atoms with Gasteiger partial charge in [-0.2, -0.15) is 0 Å². The van der Waals surface area contributed by atoms with Crippen LogP contribution >= 0.6 is 0 Å². The van der Waals surface area contributed by atoms with Crippen molar-refractivity contribution >= 4 is 11.5 Å². The van der Waals surface area contributed by atoms with E-state index in [2.05, 4.69) is 4.98 Å². The van der Waals surface area contributed by atoms with Crippen molar-refractivity contribution < 1.29 is 14.1 Å². The number of amidine groups is 1. The zero-order valence-electron chi connectivity index (χ0n) is 10.0. The Morgan fingerprint density at radius 3 is 2.75 bits per heavy atom. The lowest BCUT2D eigenvalue weighted by Crippen LogP contribution is -2.13. The van der Waals surface area contributed by atoms with Gasteiger partial charge in [-0.3, -0.25) is 15.5 Å². The fourth-order valence-corrected chi connectivity index (χ4v) is 1.42. The number of nitro groups is 1. The fourth-order valence-electron chi connectivity index (χ4n) is 1.42. The van der Waals surface area contributed by atoms with Crippen molar-refractivity contribution in [1.82, 2.24) is 4.98 Å². The van der Waals surface area contributed by atoms with E-state index in [1.165, 1.54) is 12.1 Å². The topological polar surface area (TPSA) is 115 Å². The number of nitrogens with one attached hydrogen (secondary N) is 1. The van der Waals surface area contributed by atoms with E-state index in [-0.39, 0.29) is 28.8 Å². The quantitative estimate of drug-likeness (QED) is 0.384. The summed E-state index contributed by atoms with van der Waals surface area (Å²) in [5, 5.41) is 17.7. The average molecular weight is 276 g/mol. The van der Waals surface area contributed by atoms with Crippen molar-refractivity contribution in [2.45, 2.75) is 0 Å². The van der Waals surface area contributed by atoms with E-state index in [1.54, 1.807) is 6.07 Å². The molecule has 20 heavy (non-hydrogen) atoms. The number of nitrogens with zero attached hydrogens (tertiary/aromatic N) is 2. The minimum atomic E-state index is -0.880. The summed E-state index contributed by atoms with van der Waals surface area (Å²) in [4.78, 5) is 13.7. The van der Waals surface area contributed by atoms with E-state index in [9.17, 15) is 14.5 Å². The molecule has 2 rings (SSSR count). The molecule has 1 aromatic carbocycles. The Morgan fingerprint density at radius 2 is 2.15 bits per heavy atom. The van der Waals surface area contributed by atoms with Crippen LogP contribution in [0.1, 0.15) is 5.69 Å². The number of aromatic nitrogens is 1. The second-order valence-electron chi connectivity index (χ2n) is 3.75. The zero-order chi connectivity index (χ0) is 14.7. The van der Waals surface area contributed by atoms with Gasteiger partial charge in [-0.15, -0.1) is 0 Å². The molecule has 7 nitrogen and oxygen atoms in total. The van der Waals surface area contributed by atoms with Gasteiger partial charge in [0.25, 0.3) is 5.69 Å². The normalized spacial score (nSPS) is 10.1. The molecule has 0 saturated heterocycles. The summed E-state index contributed by atoms with van der Waals surface area (Å²) in [6, 6.07) is 7.50. The smallest absolute Gasteiger partial charge is 0.272 e. The van der Waals surface area contributed by atoms with Crippen LogP contribution in [0.15, 0.2) is 36.4 Å². The van der Waals surface area contributed by atoms with E-state index in [1.807, 2.05) is 0 Å². The van der Waals surface area contributed by atoms with Gasteiger partial charge in [0, 0.05) is 12.1 Å². The first-order chi connectivity index (χ1) is 9.47. The highest BCUT2D eigenvalue weighted by molar-refractivity contribution is 5.93. The maximum atomic E-state index is 13.6. The number of nitro benzene ring substituents is 1. The zero-order valence-corrected chi connectivity index (χ0v) is 10.0. The molecule has 0 bridgehead atoms. The number of nitrogen functional groups attached to an aromatic ring is 1. The average Bonchev–Trinajstić information content (AvgIpc) is 2.41.